The molecule has 0 aliphatic rings. The third kappa shape index (κ3) is 2.83. The Morgan fingerprint density at radius 1 is 1.15 bits per heavy atom. The minimum Gasteiger partial charge on any atom is -0.497 e. The van der Waals surface area contributed by atoms with Gasteiger partial charge in [-0.2, -0.15) is 0 Å². The Kier molecular flexibility index (Phi) is 4.10. The molecule has 2 aromatic rings. The number of hydrogen-bond donors (Lipinski definition) is 2. The fourth-order valence-electron chi connectivity index (χ4n) is 1.88. The van der Waals surface area contributed by atoms with Gasteiger partial charge in [-0.15, -0.1) is 0 Å². The van der Waals surface area contributed by atoms with E-state index in [1.165, 1.54) is 0 Å². The van der Waals surface area contributed by atoms with Crippen LogP contribution in [0.5, 0.6) is 5.75 Å². The van der Waals surface area contributed by atoms with Gasteiger partial charge in [0.2, 0.25) is 0 Å². The first-order valence-electron chi connectivity index (χ1n) is 6.11. The average molecular weight is 271 g/mol. The molecule has 5 heteroatoms. The van der Waals surface area contributed by atoms with Gasteiger partial charge in [0.1, 0.15) is 5.75 Å². The van der Waals surface area contributed by atoms with Crippen LogP contribution in [-0.4, -0.2) is 25.2 Å². The van der Waals surface area contributed by atoms with Crippen molar-refractivity contribution in [2.75, 3.05) is 19.1 Å². The van der Waals surface area contributed by atoms with Crippen LogP contribution >= 0.6 is 0 Å². The van der Waals surface area contributed by atoms with E-state index in [9.17, 15) is 0 Å². The van der Waals surface area contributed by atoms with Gasteiger partial charge in [-0.3, -0.25) is 0 Å². The highest BCUT2D eigenvalue weighted by molar-refractivity contribution is 5.97. The summed E-state index contributed by atoms with van der Waals surface area (Å²) < 4.78 is 5.22. The van der Waals surface area contributed by atoms with Gasteiger partial charge in [0.05, 0.1) is 7.11 Å². The predicted octanol–water partition coefficient (Wildman–Crippen LogP) is 2.56. The van der Waals surface area contributed by atoms with Crippen molar-refractivity contribution in [2.24, 2.45) is 10.9 Å². The molecule has 0 saturated heterocycles. The Morgan fingerprint density at radius 3 is 2.45 bits per heavy atom. The first kappa shape index (κ1) is 13.7. The topological polar surface area (TPSA) is 71.1 Å². The van der Waals surface area contributed by atoms with Gasteiger partial charge in [0, 0.05) is 30.1 Å². The monoisotopic (exact) mass is 271 g/mol. The number of rotatable bonds is 4. The Bertz CT molecular complexity index is 609. The molecule has 0 spiro atoms. The number of anilines is 2. The third-order valence-corrected chi connectivity index (χ3v) is 3.10. The van der Waals surface area contributed by atoms with Crippen LogP contribution in [0.2, 0.25) is 0 Å². The summed E-state index contributed by atoms with van der Waals surface area (Å²) in [6.07, 6.45) is 0. The van der Waals surface area contributed by atoms with Crippen molar-refractivity contribution in [1.29, 1.82) is 0 Å². The van der Waals surface area contributed by atoms with Gasteiger partial charge >= 0.3 is 0 Å². The SMILES string of the molecule is COc1cccc(N(C)c2ccc(C(N)=NO)cc2)c1. The maximum Gasteiger partial charge on any atom is 0.170 e. The standard InChI is InChI=1S/C15H17N3O2/c1-18(13-4-3-5-14(10-13)20-2)12-8-6-11(7-9-12)15(16)17-19/h3-10,19H,1-2H3,(H2,16,17). The van der Waals surface area contributed by atoms with E-state index >= 15 is 0 Å². The second kappa shape index (κ2) is 5.97. The largest absolute Gasteiger partial charge is 0.497 e. The van der Waals surface area contributed by atoms with Crippen LogP contribution < -0.4 is 15.4 Å². The lowest BCUT2D eigenvalue weighted by Crippen LogP contribution is -2.14. The van der Waals surface area contributed by atoms with E-state index < -0.39 is 0 Å². The van der Waals surface area contributed by atoms with Crippen LogP contribution in [0.1, 0.15) is 5.56 Å². The Labute approximate surface area is 117 Å². The highest BCUT2D eigenvalue weighted by Crippen LogP contribution is 2.26. The maximum absolute atomic E-state index is 8.64. The molecule has 5 nitrogen and oxygen atoms in total. The van der Waals surface area contributed by atoms with Crippen molar-refractivity contribution in [2.45, 2.75) is 0 Å². The summed E-state index contributed by atoms with van der Waals surface area (Å²) in [7, 11) is 3.61. The van der Waals surface area contributed by atoms with Gasteiger partial charge < -0.3 is 20.6 Å². The van der Waals surface area contributed by atoms with Crippen molar-refractivity contribution < 1.29 is 9.94 Å². The summed E-state index contributed by atoms with van der Waals surface area (Å²) in [5.41, 5.74) is 8.22. The number of nitrogens with two attached hydrogens (primary N) is 1. The number of hydrogen-bond acceptors (Lipinski definition) is 4. The van der Waals surface area contributed by atoms with Crippen molar-refractivity contribution in [3.63, 3.8) is 0 Å². The van der Waals surface area contributed by atoms with Crippen molar-refractivity contribution in [3.05, 3.63) is 54.1 Å². The zero-order chi connectivity index (χ0) is 14.5. The van der Waals surface area contributed by atoms with Crippen molar-refractivity contribution >= 4 is 17.2 Å². The quantitative estimate of drug-likeness (QED) is 0.388. The van der Waals surface area contributed by atoms with Crippen LogP contribution in [0.15, 0.2) is 53.7 Å². The van der Waals surface area contributed by atoms with Crippen LogP contribution in [0.25, 0.3) is 0 Å². The molecule has 3 N–H and O–H groups in total. The molecule has 2 aromatic carbocycles. The molecular weight excluding hydrogens is 254 g/mol. The van der Waals surface area contributed by atoms with Crippen molar-refractivity contribution in [1.82, 2.24) is 0 Å². The molecule has 0 bridgehead atoms. The fraction of sp³-hybridized carbons (Fsp3) is 0.133. The van der Waals surface area contributed by atoms with E-state index in [1.54, 1.807) is 19.2 Å². The Hall–Kier alpha value is -2.69. The van der Waals surface area contributed by atoms with Crippen LogP contribution in [0.4, 0.5) is 11.4 Å². The Balaban J connectivity index is 2.26. The highest BCUT2D eigenvalue weighted by atomic mass is 16.5. The minimum absolute atomic E-state index is 0.0978. The van der Waals surface area contributed by atoms with Gasteiger partial charge in [-0.05, 0) is 36.4 Å². The molecule has 0 fully saturated rings. The summed E-state index contributed by atoms with van der Waals surface area (Å²) in [6.45, 7) is 0. The molecule has 0 aliphatic heterocycles. The van der Waals surface area contributed by atoms with E-state index in [0.717, 1.165) is 17.1 Å². The van der Waals surface area contributed by atoms with Crippen LogP contribution in [0.3, 0.4) is 0 Å². The molecule has 0 unspecified atom stereocenters. The summed E-state index contributed by atoms with van der Waals surface area (Å²) in [6, 6.07) is 15.2. The van der Waals surface area contributed by atoms with E-state index in [4.69, 9.17) is 15.7 Å². The molecule has 0 aliphatic carbocycles. The molecule has 2 rings (SSSR count). The first-order valence-corrected chi connectivity index (χ1v) is 6.11. The lowest BCUT2D eigenvalue weighted by Gasteiger charge is -2.20. The van der Waals surface area contributed by atoms with Gasteiger partial charge in [-0.25, -0.2) is 0 Å². The van der Waals surface area contributed by atoms with E-state index in [0.29, 0.717) is 5.56 Å². The summed E-state index contributed by atoms with van der Waals surface area (Å²) in [5, 5.41) is 11.6. The third-order valence-electron chi connectivity index (χ3n) is 3.10. The van der Waals surface area contributed by atoms with Crippen molar-refractivity contribution in [3.8, 4) is 5.75 Å². The van der Waals surface area contributed by atoms with E-state index in [-0.39, 0.29) is 5.84 Å². The molecular formula is C15H17N3O2. The van der Waals surface area contributed by atoms with Crippen LogP contribution in [0, 0.1) is 0 Å². The zero-order valence-electron chi connectivity index (χ0n) is 11.4. The number of nitrogens with zero attached hydrogens (tertiary/aromatic N) is 2. The number of amidine groups is 1. The maximum atomic E-state index is 8.64. The Morgan fingerprint density at radius 2 is 1.85 bits per heavy atom. The van der Waals surface area contributed by atoms with Gasteiger partial charge in [0.15, 0.2) is 5.84 Å². The molecule has 0 heterocycles. The molecule has 0 saturated carbocycles. The zero-order valence-corrected chi connectivity index (χ0v) is 11.4. The molecule has 0 radical (unpaired) electrons. The van der Waals surface area contributed by atoms with Gasteiger partial charge in [0.25, 0.3) is 0 Å². The molecule has 0 aromatic heterocycles. The number of methoxy groups -OCH3 is 1. The lowest BCUT2D eigenvalue weighted by atomic mass is 10.1. The summed E-state index contributed by atoms with van der Waals surface area (Å²) in [5.74, 6) is 0.906. The molecule has 20 heavy (non-hydrogen) atoms. The van der Waals surface area contributed by atoms with Crippen LogP contribution in [-0.2, 0) is 0 Å². The first-order chi connectivity index (χ1) is 9.65. The second-order valence-electron chi connectivity index (χ2n) is 4.29. The fourth-order valence-corrected chi connectivity index (χ4v) is 1.88. The van der Waals surface area contributed by atoms with E-state index in [1.807, 2.05) is 48.3 Å². The minimum atomic E-state index is 0.0978. The van der Waals surface area contributed by atoms with Gasteiger partial charge in [-0.1, -0.05) is 11.2 Å². The normalized spacial score (nSPS) is 11.2. The molecule has 0 amide bonds. The summed E-state index contributed by atoms with van der Waals surface area (Å²) >= 11 is 0. The predicted molar refractivity (Wildman–Crippen MR) is 80.0 cm³/mol. The summed E-state index contributed by atoms with van der Waals surface area (Å²) in [4.78, 5) is 2.03. The second-order valence-corrected chi connectivity index (χ2v) is 4.29. The smallest absolute Gasteiger partial charge is 0.170 e. The number of oxime groups is 1. The number of benzene rings is 2. The molecule has 0 atom stereocenters. The highest BCUT2D eigenvalue weighted by Gasteiger charge is 2.06. The average Bonchev–Trinajstić information content (AvgIpc) is 2.53. The molecule has 104 valence electrons. The lowest BCUT2D eigenvalue weighted by molar-refractivity contribution is 0.318. The number of ether oxygens (including phenoxy) is 1. The van der Waals surface area contributed by atoms with E-state index in [2.05, 4.69) is 5.16 Å².